The first-order chi connectivity index (χ1) is 11.2. The fourth-order valence-corrected chi connectivity index (χ4v) is 2.12. The predicted molar refractivity (Wildman–Crippen MR) is 108 cm³/mol. The zero-order valence-electron chi connectivity index (χ0n) is 17.5. The van der Waals surface area contributed by atoms with E-state index in [0.29, 0.717) is 11.2 Å². The van der Waals surface area contributed by atoms with E-state index in [-0.39, 0.29) is 5.41 Å². The van der Waals surface area contributed by atoms with Crippen molar-refractivity contribution in [3.8, 4) is 5.75 Å². The number of benzene rings is 1. The van der Waals surface area contributed by atoms with Crippen LogP contribution in [0.3, 0.4) is 0 Å². The van der Waals surface area contributed by atoms with Crippen LogP contribution in [0.2, 0.25) is 0 Å². The molecule has 0 saturated heterocycles. The molecular weight excluding hydrogens is 340 g/mol. The number of aromatic hydroxyl groups is 1. The van der Waals surface area contributed by atoms with E-state index in [9.17, 15) is 5.11 Å². The molecule has 2 rings (SSSR count). The maximum Gasteiger partial charge on any atom is 0.116 e. The van der Waals surface area contributed by atoms with Crippen LogP contribution in [0, 0.1) is 18.4 Å². The minimum atomic E-state index is 0.115. The Kier molecular flexibility index (Phi) is 9.91. The molecule has 0 radical (unpaired) electrons. The van der Waals surface area contributed by atoms with Gasteiger partial charge in [0.1, 0.15) is 5.75 Å². The van der Waals surface area contributed by atoms with Gasteiger partial charge in [0, 0.05) is 0 Å². The van der Waals surface area contributed by atoms with Crippen molar-refractivity contribution in [1.29, 1.82) is 0 Å². The molecule has 25 heavy (non-hydrogen) atoms. The van der Waals surface area contributed by atoms with Crippen molar-refractivity contribution in [3.63, 3.8) is 0 Å². The van der Waals surface area contributed by atoms with Crippen LogP contribution in [0.25, 0.3) is 0 Å². The third-order valence-electron chi connectivity index (χ3n) is 3.43. The van der Waals surface area contributed by atoms with E-state index in [2.05, 4.69) is 99.7 Å². The van der Waals surface area contributed by atoms with Crippen LogP contribution >= 0.6 is 0 Å². The van der Waals surface area contributed by atoms with Gasteiger partial charge in [-0.25, -0.2) is 11.6 Å². The molecule has 1 aliphatic carbocycles. The molecule has 1 N–H and O–H groups in total. The summed E-state index contributed by atoms with van der Waals surface area (Å²) in [6, 6.07) is 5.71. The molecule has 0 bridgehead atoms. The maximum absolute atomic E-state index is 9.36. The zero-order valence-corrected chi connectivity index (χ0v) is 19.1. The number of aryl methyl sites for hydroxylation is 1. The molecule has 1 aromatic rings. The van der Waals surface area contributed by atoms with Gasteiger partial charge in [-0.2, -0.15) is 6.08 Å². The van der Waals surface area contributed by atoms with E-state index in [1.54, 1.807) is 6.07 Å². The second kappa shape index (κ2) is 10.3. The first kappa shape index (κ1) is 24.1. The fraction of sp³-hybridized carbons (Fsp3) is 0.522. The van der Waals surface area contributed by atoms with Crippen molar-refractivity contribution >= 4 is 3.81 Å². The van der Waals surface area contributed by atoms with Gasteiger partial charge in [0.25, 0.3) is 0 Å². The first-order valence-electron chi connectivity index (χ1n) is 8.84. The van der Waals surface area contributed by atoms with Gasteiger partial charge < -0.3 is 5.11 Å². The summed E-state index contributed by atoms with van der Waals surface area (Å²) in [6.07, 6.45) is 8.63. The Morgan fingerprint density at radius 2 is 1.52 bits per heavy atom. The molecule has 0 saturated carbocycles. The maximum atomic E-state index is 9.36. The smallest absolute Gasteiger partial charge is 0.116 e. The molecule has 1 nitrogen and oxygen atoms in total. The molecule has 0 heterocycles. The third-order valence-corrected chi connectivity index (χ3v) is 3.43. The van der Waals surface area contributed by atoms with Gasteiger partial charge >= 0.3 is 37.6 Å². The van der Waals surface area contributed by atoms with Crippen molar-refractivity contribution in [3.05, 3.63) is 53.1 Å². The Hall–Kier alpha value is -0.916. The van der Waals surface area contributed by atoms with Gasteiger partial charge in [-0.1, -0.05) is 47.6 Å². The van der Waals surface area contributed by atoms with Gasteiger partial charge in [-0.15, -0.1) is 6.42 Å². The Balaban J connectivity index is 0.000000391. The average Bonchev–Trinajstić information content (AvgIpc) is 2.89. The Labute approximate surface area is 167 Å². The summed E-state index contributed by atoms with van der Waals surface area (Å²) >= 11 is 2.08. The quantitative estimate of drug-likeness (QED) is 0.407. The summed E-state index contributed by atoms with van der Waals surface area (Å²) < 4.78 is 1.42. The molecule has 1 aliphatic rings. The summed E-state index contributed by atoms with van der Waals surface area (Å²) in [5, 5.41) is 9.36. The zero-order chi connectivity index (χ0) is 19.8. The molecule has 1 aromatic carbocycles. The monoisotopic (exact) mass is 375 g/mol. The summed E-state index contributed by atoms with van der Waals surface area (Å²) in [5.74, 6) is 0.361. The number of allylic oxidation sites excluding steroid dienone is 4. The number of hydrogen-bond donors (Lipinski definition) is 1. The second-order valence-electron chi connectivity index (χ2n) is 8.75. The summed E-state index contributed by atoms with van der Waals surface area (Å²) in [4.78, 5) is 0. The van der Waals surface area contributed by atoms with Crippen LogP contribution in [0.1, 0.15) is 72.9 Å². The molecule has 0 unspecified atom stereocenters. The van der Waals surface area contributed by atoms with Crippen LogP contribution in [0.5, 0.6) is 5.75 Å². The van der Waals surface area contributed by atoms with Gasteiger partial charge in [0.15, 0.2) is 0 Å². The minimum absolute atomic E-state index is 0.115. The number of phenols is 1. The molecule has 2 heteroatoms. The van der Waals surface area contributed by atoms with Crippen LogP contribution in [-0.4, -0.2) is 8.92 Å². The number of rotatable bonds is 0. The van der Waals surface area contributed by atoms with Crippen LogP contribution in [-0.2, 0) is 25.4 Å². The van der Waals surface area contributed by atoms with E-state index in [1.807, 2.05) is 13.0 Å². The van der Waals surface area contributed by atoms with E-state index in [0.717, 1.165) is 12.0 Å². The SMILES string of the molecule is CC(C)(C)C1=[C-]CC=C1.C[C](C)=[Ti+].Cc1cc(O)cc(C(C)(C)C)c1. The molecule has 0 spiro atoms. The van der Waals surface area contributed by atoms with Crippen molar-refractivity contribution in [1.82, 2.24) is 0 Å². The van der Waals surface area contributed by atoms with Gasteiger partial charge in [0.05, 0.1) is 0 Å². The normalized spacial score (nSPS) is 13.3. The number of phenolic OH excluding ortho intramolecular Hbond substituents is 1. The van der Waals surface area contributed by atoms with Gasteiger partial charge in [-0.3, -0.25) is 6.08 Å². The van der Waals surface area contributed by atoms with Crippen LogP contribution < -0.4 is 0 Å². The molecular formula is C23H35OTi. The van der Waals surface area contributed by atoms with Crippen molar-refractivity contribution in [2.24, 2.45) is 5.41 Å². The summed E-state index contributed by atoms with van der Waals surface area (Å²) in [6.45, 7) is 19.2. The Morgan fingerprint density at radius 1 is 1.00 bits per heavy atom. The second-order valence-corrected chi connectivity index (χ2v) is 10.3. The molecule has 0 aliphatic heterocycles. The van der Waals surface area contributed by atoms with Crippen LogP contribution in [0.4, 0.5) is 0 Å². The molecule has 0 aromatic heterocycles. The van der Waals surface area contributed by atoms with E-state index >= 15 is 0 Å². The minimum Gasteiger partial charge on any atom is -0.508 e. The summed E-state index contributed by atoms with van der Waals surface area (Å²) in [5.41, 5.74) is 4.05. The topological polar surface area (TPSA) is 20.2 Å². The van der Waals surface area contributed by atoms with E-state index < -0.39 is 0 Å². The predicted octanol–water partition coefficient (Wildman–Crippen LogP) is 6.47. The Morgan fingerprint density at radius 3 is 1.80 bits per heavy atom. The van der Waals surface area contributed by atoms with Crippen molar-refractivity contribution < 1.29 is 25.1 Å². The molecule has 0 amide bonds. The standard InChI is InChI=1S/C11H16O.C9H13.C3H6.Ti/c1-8-5-9(11(2,3)4)7-10(12)6-8;1-9(2,3)8-6-4-5-7-8;1-3-2;/h5-7,12H,1-4H3;4,6H,5H2,1-3H3;1-2H3;/q;-1;;+1. The largest absolute Gasteiger partial charge is 0.508 e. The van der Waals surface area contributed by atoms with Crippen molar-refractivity contribution in [2.45, 2.75) is 74.1 Å². The Bertz CT molecular complexity index is 598. The third kappa shape index (κ3) is 11.3. The molecule has 0 fully saturated rings. The molecule has 137 valence electrons. The molecule has 0 atom stereocenters. The van der Waals surface area contributed by atoms with Gasteiger partial charge in [0.2, 0.25) is 0 Å². The first-order valence-corrected chi connectivity index (χ1v) is 9.62. The van der Waals surface area contributed by atoms with E-state index in [1.165, 1.54) is 14.9 Å². The fourth-order valence-electron chi connectivity index (χ4n) is 2.12. The van der Waals surface area contributed by atoms with E-state index in [4.69, 9.17) is 0 Å². The van der Waals surface area contributed by atoms with Crippen molar-refractivity contribution in [2.75, 3.05) is 0 Å². The summed E-state index contributed by atoms with van der Waals surface area (Å²) in [7, 11) is 0. The number of hydrogen-bond acceptors (Lipinski definition) is 1. The average molecular weight is 375 g/mol. The van der Waals surface area contributed by atoms with Crippen LogP contribution in [0.15, 0.2) is 35.9 Å². The van der Waals surface area contributed by atoms with Gasteiger partial charge in [-0.05, 0) is 41.0 Å².